The van der Waals surface area contributed by atoms with E-state index in [0.29, 0.717) is 27.9 Å². The maximum absolute atomic E-state index is 12.3. The molecule has 0 bridgehead atoms. The SMILES string of the molecule is CNC(=O)N1N=C(c2ccc(N)cc2)c2cc(Cl)c(Cl)cc2CC1C. The van der Waals surface area contributed by atoms with Gasteiger partial charge in [-0.2, -0.15) is 5.10 Å². The summed E-state index contributed by atoms with van der Waals surface area (Å²) in [6, 6.07) is 10.6. The molecule has 3 rings (SSSR count). The van der Waals surface area contributed by atoms with Crippen molar-refractivity contribution in [2.24, 2.45) is 5.10 Å². The third-order valence-electron chi connectivity index (χ3n) is 4.15. The first kappa shape index (κ1) is 17.6. The molecule has 1 unspecified atom stereocenters. The highest BCUT2D eigenvalue weighted by Gasteiger charge is 2.27. The molecule has 3 N–H and O–H groups in total. The standard InChI is InChI=1S/C18H18Cl2N4O/c1-10-7-12-8-15(19)16(20)9-14(12)17(23-24(10)18(25)22-2)11-3-5-13(21)6-4-11/h3-6,8-10H,7,21H2,1-2H3,(H,22,25). The number of urea groups is 1. The first-order chi connectivity index (χ1) is 11.9. The fraction of sp³-hybridized carbons (Fsp3) is 0.222. The highest BCUT2D eigenvalue weighted by molar-refractivity contribution is 6.42. The molecule has 0 spiro atoms. The minimum Gasteiger partial charge on any atom is -0.399 e. The van der Waals surface area contributed by atoms with Crippen molar-refractivity contribution in [2.45, 2.75) is 19.4 Å². The van der Waals surface area contributed by atoms with Gasteiger partial charge in [-0.25, -0.2) is 9.80 Å². The summed E-state index contributed by atoms with van der Waals surface area (Å²) in [5, 5.41) is 9.65. The lowest BCUT2D eigenvalue weighted by atomic mass is 9.94. The molecule has 130 valence electrons. The number of carbonyl (C=O) groups is 1. The van der Waals surface area contributed by atoms with Crippen LogP contribution in [-0.2, 0) is 6.42 Å². The Bertz CT molecular complexity index is 849. The van der Waals surface area contributed by atoms with Gasteiger partial charge in [0.2, 0.25) is 0 Å². The average molecular weight is 377 g/mol. The van der Waals surface area contributed by atoms with Crippen molar-refractivity contribution in [3.05, 3.63) is 63.1 Å². The summed E-state index contributed by atoms with van der Waals surface area (Å²) in [5.74, 6) is 0. The topological polar surface area (TPSA) is 70.7 Å². The summed E-state index contributed by atoms with van der Waals surface area (Å²) in [6.07, 6.45) is 0.613. The third kappa shape index (κ3) is 3.43. The van der Waals surface area contributed by atoms with E-state index in [1.807, 2.05) is 25.1 Å². The first-order valence-electron chi connectivity index (χ1n) is 7.84. The van der Waals surface area contributed by atoms with E-state index in [1.54, 1.807) is 25.2 Å². The van der Waals surface area contributed by atoms with Crippen molar-refractivity contribution in [1.82, 2.24) is 10.3 Å². The Kier molecular flexibility index (Phi) is 4.88. The third-order valence-corrected chi connectivity index (χ3v) is 4.87. The molecule has 7 heteroatoms. The zero-order valence-corrected chi connectivity index (χ0v) is 15.4. The Morgan fingerprint density at radius 1 is 1.24 bits per heavy atom. The summed E-state index contributed by atoms with van der Waals surface area (Å²) in [6.45, 7) is 1.94. The van der Waals surface area contributed by atoms with E-state index < -0.39 is 0 Å². The van der Waals surface area contributed by atoms with Gasteiger partial charge >= 0.3 is 6.03 Å². The van der Waals surface area contributed by atoms with Crippen molar-refractivity contribution >= 4 is 40.6 Å². The average Bonchev–Trinajstić information content (AvgIpc) is 2.72. The number of nitrogens with zero attached hydrogens (tertiary/aromatic N) is 2. The lowest BCUT2D eigenvalue weighted by molar-refractivity contribution is 0.184. The van der Waals surface area contributed by atoms with Crippen LogP contribution in [0.2, 0.25) is 10.0 Å². The number of halogens is 2. The summed E-state index contributed by atoms with van der Waals surface area (Å²) in [5.41, 5.74) is 9.80. The number of anilines is 1. The van der Waals surface area contributed by atoms with E-state index in [-0.39, 0.29) is 12.1 Å². The number of hydrogen-bond donors (Lipinski definition) is 2. The van der Waals surface area contributed by atoms with Gasteiger partial charge in [0.15, 0.2) is 0 Å². The van der Waals surface area contributed by atoms with E-state index >= 15 is 0 Å². The molecule has 1 atom stereocenters. The molecule has 1 aliphatic rings. The lowest BCUT2D eigenvalue weighted by Gasteiger charge is -2.22. The van der Waals surface area contributed by atoms with Gasteiger partial charge in [-0.3, -0.25) is 0 Å². The fourth-order valence-corrected chi connectivity index (χ4v) is 3.21. The van der Waals surface area contributed by atoms with Crippen LogP contribution in [0.1, 0.15) is 23.6 Å². The van der Waals surface area contributed by atoms with Crippen molar-refractivity contribution in [2.75, 3.05) is 12.8 Å². The van der Waals surface area contributed by atoms with Gasteiger partial charge in [-0.1, -0.05) is 35.3 Å². The van der Waals surface area contributed by atoms with Crippen LogP contribution in [0.5, 0.6) is 0 Å². The highest BCUT2D eigenvalue weighted by atomic mass is 35.5. The minimum absolute atomic E-state index is 0.137. The number of benzene rings is 2. The number of nitrogen functional groups attached to an aromatic ring is 1. The Hall–Kier alpha value is -2.24. The molecule has 0 aromatic heterocycles. The molecule has 1 heterocycles. The lowest BCUT2D eigenvalue weighted by Crippen LogP contribution is -2.41. The smallest absolute Gasteiger partial charge is 0.337 e. The second-order valence-corrected chi connectivity index (χ2v) is 6.76. The van der Waals surface area contributed by atoms with E-state index in [2.05, 4.69) is 10.4 Å². The molecule has 0 radical (unpaired) electrons. The van der Waals surface area contributed by atoms with Gasteiger partial charge in [-0.15, -0.1) is 0 Å². The monoisotopic (exact) mass is 376 g/mol. The summed E-state index contributed by atoms with van der Waals surface area (Å²) >= 11 is 12.4. The summed E-state index contributed by atoms with van der Waals surface area (Å²) in [7, 11) is 1.58. The van der Waals surface area contributed by atoms with Gasteiger partial charge < -0.3 is 11.1 Å². The second-order valence-electron chi connectivity index (χ2n) is 5.95. The van der Waals surface area contributed by atoms with Crippen molar-refractivity contribution in [3.8, 4) is 0 Å². The largest absolute Gasteiger partial charge is 0.399 e. The summed E-state index contributed by atoms with van der Waals surface area (Å²) in [4.78, 5) is 12.3. The zero-order chi connectivity index (χ0) is 18.1. The second kappa shape index (κ2) is 6.94. The van der Waals surface area contributed by atoms with Crippen LogP contribution < -0.4 is 11.1 Å². The number of nitrogens with one attached hydrogen (secondary N) is 1. The van der Waals surface area contributed by atoms with E-state index in [1.165, 1.54) is 5.01 Å². The van der Waals surface area contributed by atoms with E-state index in [0.717, 1.165) is 16.7 Å². The van der Waals surface area contributed by atoms with Crippen LogP contribution in [0.4, 0.5) is 10.5 Å². The van der Waals surface area contributed by atoms with Crippen LogP contribution in [0, 0.1) is 0 Å². The highest BCUT2D eigenvalue weighted by Crippen LogP contribution is 2.31. The molecular weight excluding hydrogens is 359 g/mol. The number of nitrogens with two attached hydrogens (primary N) is 1. The fourth-order valence-electron chi connectivity index (χ4n) is 2.86. The van der Waals surface area contributed by atoms with Gasteiger partial charge in [0, 0.05) is 23.9 Å². The van der Waals surface area contributed by atoms with Crippen LogP contribution in [0.15, 0.2) is 41.5 Å². The van der Waals surface area contributed by atoms with Gasteiger partial charge in [-0.05, 0) is 43.2 Å². The molecule has 0 saturated carbocycles. The Balaban J connectivity index is 2.23. The first-order valence-corrected chi connectivity index (χ1v) is 8.60. The number of hydrogen-bond acceptors (Lipinski definition) is 3. The maximum atomic E-state index is 12.3. The Morgan fingerprint density at radius 2 is 1.88 bits per heavy atom. The van der Waals surface area contributed by atoms with Crippen LogP contribution in [0.25, 0.3) is 0 Å². The number of hydrazone groups is 1. The molecule has 2 amide bonds. The molecule has 2 aromatic rings. The van der Waals surface area contributed by atoms with Crippen LogP contribution >= 0.6 is 23.2 Å². The molecule has 1 aliphatic heterocycles. The predicted molar refractivity (Wildman–Crippen MR) is 102 cm³/mol. The zero-order valence-electron chi connectivity index (χ0n) is 13.9. The van der Waals surface area contributed by atoms with Gasteiger partial charge in [0.1, 0.15) is 0 Å². The molecule has 0 aliphatic carbocycles. The number of amides is 2. The predicted octanol–water partition coefficient (Wildman–Crippen LogP) is 3.91. The maximum Gasteiger partial charge on any atom is 0.337 e. The molecule has 5 nitrogen and oxygen atoms in total. The van der Waals surface area contributed by atoms with Crippen molar-refractivity contribution in [1.29, 1.82) is 0 Å². The molecule has 0 saturated heterocycles. The summed E-state index contributed by atoms with van der Waals surface area (Å²) < 4.78 is 0. The van der Waals surface area contributed by atoms with Crippen LogP contribution in [0.3, 0.4) is 0 Å². The minimum atomic E-state index is -0.273. The quantitative estimate of drug-likeness (QED) is 0.740. The van der Waals surface area contributed by atoms with E-state index in [9.17, 15) is 4.79 Å². The van der Waals surface area contributed by atoms with E-state index in [4.69, 9.17) is 28.9 Å². The van der Waals surface area contributed by atoms with Gasteiger partial charge in [0.05, 0.1) is 21.8 Å². The van der Waals surface area contributed by atoms with Gasteiger partial charge in [0.25, 0.3) is 0 Å². The molecule has 25 heavy (non-hydrogen) atoms. The van der Waals surface area contributed by atoms with Crippen LogP contribution in [-0.4, -0.2) is 29.8 Å². The molecule has 0 fully saturated rings. The Labute approximate surface area is 156 Å². The molecule has 2 aromatic carbocycles. The Morgan fingerprint density at radius 3 is 2.52 bits per heavy atom. The number of carbonyl (C=O) groups excluding carboxylic acids is 1. The number of rotatable bonds is 1. The number of fused-ring (bicyclic) bond motifs is 1. The normalized spacial score (nSPS) is 16.7. The van der Waals surface area contributed by atoms with Crippen molar-refractivity contribution in [3.63, 3.8) is 0 Å². The molecular formula is C18H18Cl2N4O. The van der Waals surface area contributed by atoms with Crippen molar-refractivity contribution < 1.29 is 4.79 Å².